The van der Waals surface area contributed by atoms with Crippen LogP contribution in [0.15, 0.2) is 6.07 Å². The molecule has 0 atom stereocenters. The van der Waals surface area contributed by atoms with E-state index in [0.717, 1.165) is 0 Å². The van der Waals surface area contributed by atoms with Crippen LogP contribution >= 0.6 is 0 Å². The fourth-order valence-electron chi connectivity index (χ4n) is 1.55. The molecule has 70 valence electrons. The number of hydrogen-bond donors (Lipinski definition) is 2. The van der Waals surface area contributed by atoms with Crippen molar-refractivity contribution in [1.82, 2.24) is 4.98 Å². The Morgan fingerprint density at radius 2 is 2.31 bits per heavy atom. The van der Waals surface area contributed by atoms with Crippen molar-refractivity contribution in [2.24, 2.45) is 0 Å². The fourth-order valence-corrected chi connectivity index (χ4v) is 1.55. The molecule has 13 heavy (non-hydrogen) atoms. The molecule has 3 nitrogen and oxygen atoms in total. The highest BCUT2D eigenvalue weighted by Gasteiger charge is 2.41. The molecule has 0 radical (unpaired) electrons. The van der Waals surface area contributed by atoms with Crippen LogP contribution in [0.2, 0.25) is 0 Å². The number of halogens is 2. The van der Waals surface area contributed by atoms with E-state index in [1.807, 2.05) is 0 Å². The van der Waals surface area contributed by atoms with Gasteiger partial charge in [-0.3, -0.25) is 0 Å². The van der Waals surface area contributed by atoms with Gasteiger partial charge in [-0.05, 0) is 18.1 Å². The zero-order chi connectivity index (χ0) is 9.64. The third-order valence-electron chi connectivity index (χ3n) is 2.20. The Bertz CT molecular complexity index is 370. The van der Waals surface area contributed by atoms with Gasteiger partial charge >= 0.3 is 5.97 Å². The van der Waals surface area contributed by atoms with Crippen LogP contribution in [0, 0.1) is 0 Å². The Morgan fingerprint density at radius 3 is 2.85 bits per heavy atom. The van der Waals surface area contributed by atoms with Gasteiger partial charge in [-0.1, -0.05) is 0 Å². The number of alkyl halides is 2. The quantitative estimate of drug-likeness (QED) is 0.703. The molecular formula is C8H7F2NO2. The minimum atomic E-state index is -2.89. The number of carbonyl (C=O) groups is 1. The molecule has 0 saturated carbocycles. The lowest BCUT2D eigenvalue weighted by Crippen LogP contribution is -2.09. The number of hydrogen-bond acceptors (Lipinski definition) is 1. The van der Waals surface area contributed by atoms with Crippen molar-refractivity contribution in [1.29, 1.82) is 0 Å². The first kappa shape index (κ1) is 8.22. The summed E-state index contributed by atoms with van der Waals surface area (Å²) in [4.78, 5) is 12.7. The van der Waals surface area contributed by atoms with Crippen LogP contribution in [0.25, 0.3) is 0 Å². The maximum atomic E-state index is 13.0. The third-order valence-corrected chi connectivity index (χ3v) is 2.20. The SMILES string of the molecule is O=C(O)c1cc2c([nH]1)C(F)(F)CC2. The Hall–Kier alpha value is -1.39. The van der Waals surface area contributed by atoms with Gasteiger partial charge in [0, 0.05) is 6.42 Å². The first-order chi connectivity index (χ1) is 6.00. The first-order valence-electron chi connectivity index (χ1n) is 3.84. The van der Waals surface area contributed by atoms with Crippen molar-refractivity contribution >= 4 is 5.97 Å². The Morgan fingerprint density at radius 1 is 1.62 bits per heavy atom. The second-order valence-electron chi connectivity index (χ2n) is 3.09. The van der Waals surface area contributed by atoms with Gasteiger partial charge < -0.3 is 10.1 Å². The molecule has 2 N–H and O–H groups in total. The van der Waals surface area contributed by atoms with Gasteiger partial charge in [-0.2, -0.15) is 8.78 Å². The van der Waals surface area contributed by atoms with Gasteiger partial charge in [0.1, 0.15) is 5.69 Å². The highest BCUT2D eigenvalue weighted by Crippen LogP contribution is 2.41. The molecule has 0 aromatic carbocycles. The highest BCUT2D eigenvalue weighted by atomic mass is 19.3. The molecule has 0 spiro atoms. The lowest BCUT2D eigenvalue weighted by molar-refractivity contribution is -0.00590. The van der Waals surface area contributed by atoms with Crippen molar-refractivity contribution in [2.75, 3.05) is 0 Å². The van der Waals surface area contributed by atoms with E-state index >= 15 is 0 Å². The number of aryl methyl sites for hydroxylation is 1. The minimum absolute atomic E-state index is 0.163. The van der Waals surface area contributed by atoms with Gasteiger partial charge in [0.05, 0.1) is 5.69 Å². The first-order valence-corrected chi connectivity index (χ1v) is 3.84. The fraction of sp³-hybridized carbons (Fsp3) is 0.375. The summed E-state index contributed by atoms with van der Waals surface area (Å²) in [7, 11) is 0. The van der Waals surface area contributed by atoms with Crippen LogP contribution in [0.1, 0.15) is 28.2 Å². The van der Waals surface area contributed by atoms with E-state index in [1.54, 1.807) is 0 Å². The van der Waals surface area contributed by atoms with Crippen LogP contribution in [0.5, 0.6) is 0 Å². The van der Waals surface area contributed by atoms with Crippen molar-refractivity contribution in [3.05, 3.63) is 23.0 Å². The Kier molecular flexibility index (Phi) is 1.46. The molecule has 2 rings (SSSR count). The summed E-state index contributed by atoms with van der Waals surface area (Å²) in [6, 6.07) is 1.28. The second kappa shape index (κ2) is 2.31. The lowest BCUT2D eigenvalue weighted by Gasteiger charge is -2.06. The van der Waals surface area contributed by atoms with Crippen molar-refractivity contribution in [3.8, 4) is 0 Å². The number of aromatic nitrogens is 1. The molecule has 0 saturated heterocycles. The number of carboxylic acids is 1. The average molecular weight is 187 g/mol. The molecule has 0 bridgehead atoms. The van der Waals surface area contributed by atoms with Crippen molar-refractivity contribution in [2.45, 2.75) is 18.8 Å². The zero-order valence-corrected chi connectivity index (χ0v) is 6.60. The molecule has 1 aromatic rings. The van der Waals surface area contributed by atoms with Crippen LogP contribution < -0.4 is 0 Å². The normalized spacial score (nSPS) is 18.6. The number of H-pyrrole nitrogens is 1. The molecule has 0 aliphatic heterocycles. The number of aromatic carboxylic acids is 1. The summed E-state index contributed by atoms with van der Waals surface area (Å²) in [5.74, 6) is -4.09. The van der Waals surface area contributed by atoms with Gasteiger partial charge in [0.25, 0.3) is 5.92 Å². The van der Waals surface area contributed by atoms with Crippen LogP contribution in [0.4, 0.5) is 8.78 Å². The molecule has 1 heterocycles. The second-order valence-corrected chi connectivity index (χ2v) is 3.09. The number of fused-ring (bicyclic) bond motifs is 1. The summed E-state index contributed by atoms with van der Waals surface area (Å²) in [5, 5.41) is 8.54. The number of rotatable bonds is 1. The van der Waals surface area contributed by atoms with Gasteiger partial charge in [-0.15, -0.1) is 0 Å². The smallest absolute Gasteiger partial charge is 0.352 e. The number of carboxylic acid groups (broad SMARTS) is 1. The van der Waals surface area contributed by atoms with E-state index in [0.29, 0.717) is 5.56 Å². The van der Waals surface area contributed by atoms with Crippen molar-refractivity contribution in [3.63, 3.8) is 0 Å². The van der Waals surface area contributed by atoms with Crippen LogP contribution in [0.3, 0.4) is 0 Å². The van der Waals surface area contributed by atoms with Gasteiger partial charge in [0.15, 0.2) is 0 Å². The Balaban J connectivity index is 2.48. The van der Waals surface area contributed by atoms with E-state index in [-0.39, 0.29) is 24.2 Å². The predicted molar refractivity (Wildman–Crippen MR) is 40.0 cm³/mol. The topological polar surface area (TPSA) is 53.1 Å². The number of aromatic amines is 1. The molecule has 5 heteroatoms. The van der Waals surface area contributed by atoms with E-state index in [1.165, 1.54) is 6.07 Å². The molecule has 0 amide bonds. The molecular weight excluding hydrogens is 180 g/mol. The maximum Gasteiger partial charge on any atom is 0.352 e. The van der Waals surface area contributed by atoms with Gasteiger partial charge in [0.2, 0.25) is 0 Å². The lowest BCUT2D eigenvalue weighted by atomic mass is 10.2. The van der Waals surface area contributed by atoms with E-state index in [9.17, 15) is 13.6 Å². The summed E-state index contributed by atoms with van der Waals surface area (Å²) in [5.41, 5.74) is 0.0247. The van der Waals surface area contributed by atoms with Gasteiger partial charge in [-0.25, -0.2) is 4.79 Å². The van der Waals surface area contributed by atoms with E-state index in [4.69, 9.17) is 5.11 Å². The van der Waals surface area contributed by atoms with E-state index < -0.39 is 11.9 Å². The Labute approximate surface area is 72.4 Å². The zero-order valence-electron chi connectivity index (χ0n) is 6.60. The van der Waals surface area contributed by atoms with E-state index in [2.05, 4.69) is 4.98 Å². The summed E-state index contributed by atoms with van der Waals surface area (Å²) < 4.78 is 26.0. The van der Waals surface area contributed by atoms with Crippen molar-refractivity contribution < 1.29 is 18.7 Å². The molecule has 0 unspecified atom stereocenters. The van der Waals surface area contributed by atoms with Crippen LogP contribution in [-0.2, 0) is 12.3 Å². The standard InChI is InChI=1S/C8H7F2NO2/c9-8(10)2-1-4-3-5(7(12)13)11-6(4)8/h3,11H,1-2H2,(H,12,13). The maximum absolute atomic E-state index is 13.0. The summed E-state index contributed by atoms with van der Waals surface area (Å²) in [6.07, 6.45) is 0.0141. The molecule has 0 fully saturated rings. The van der Waals surface area contributed by atoms with Crippen LogP contribution in [-0.4, -0.2) is 16.1 Å². The summed E-state index contributed by atoms with van der Waals surface area (Å²) in [6.45, 7) is 0. The predicted octanol–water partition coefficient (Wildman–Crippen LogP) is 1.75. The average Bonchev–Trinajstić information content (AvgIpc) is 2.53. The molecule has 1 aromatic heterocycles. The largest absolute Gasteiger partial charge is 0.477 e. The molecule has 1 aliphatic carbocycles. The summed E-state index contributed by atoms with van der Waals surface area (Å²) >= 11 is 0. The minimum Gasteiger partial charge on any atom is -0.477 e. The highest BCUT2D eigenvalue weighted by molar-refractivity contribution is 5.86. The number of nitrogens with one attached hydrogen (secondary N) is 1. The monoisotopic (exact) mass is 187 g/mol. The molecule has 1 aliphatic rings. The third kappa shape index (κ3) is 1.11.